The van der Waals surface area contributed by atoms with Crippen LogP contribution < -0.4 is 15.8 Å². The second kappa shape index (κ2) is 15.4. The third kappa shape index (κ3) is 9.90. The summed E-state index contributed by atoms with van der Waals surface area (Å²) < 4.78 is 10.9. The van der Waals surface area contributed by atoms with Crippen molar-refractivity contribution < 1.29 is 19.4 Å². The highest BCUT2D eigenvalue weighted by molar-refractivity contribution is 5.96. The molecule has 2 rings (SSSR count). The van der Waals surface area contributed by atoms with Crippen molar-refractivity contribution >= 4 is 5.91 Å². The van der Waals surface area contributed by atoms with E-state index in [0.29, 0.717) is 55.9 Å². The Labute approximate surface area is 206 Å². The smallest absolute Gasteiger partial charge is 0.255 e. The maximum absolute atomic E-state index is 12.9. The maximum Gasteiger partial charge on any atom is 0.255 e. The van der Waals surface area contributed by atoms with Crippen molar-refractivity contribution in [3.8, 4) is 5.75 Å². The van der Waals surface area contributed by atoms with E-state index in [2.05, 4.69) is 31.0 Å². The second-order valence-electron chi connectivity index (χ2n) is 10.2. The molecule has 0 spiro atoms. The number of β-amino-alcohol motifs (C(OH)–C–C–N with tert-alkyl or cyclic N) is 1. The zero-order valence-corrected chi connectivity index (χ0v) is 21.7. The van der Waals surface area contributed by atoms with Crippen LogP contribution in [0.15, 0.2) is 24.3 Å². The standard InChI is InChI=1S/C27H47N3O4/c1-20(2)22(16-24(28)25(31)19-30-13-9-10-21(3)18-30)17-29-27(32)23-11-5-6-12-26(23)34-15-8-7-14-33-4/h5-6,11-12,20-22,24-25,31H,7-10,13-19,28H2,1-4H3,(H,29,32). The zero-order valence-electron chi connectivity index (χ0n) is 21.7. The van der Waals surface area contributed by atoms with E-state index in [9.17, 15) is 9.90 Å². The van der Waals surface area contributed by atoms with Crippen LogP contribution in [0.5, 0.6) is 5.75 Å². The second-order valence-corrected chi connectivity index (χ2v) is 10.2. The van der Waals surface area contributed by atoms with Gasteiger partial charge in [-0.1, -0.05) is 32.9 Å². The number of hydrogen-bond donors (Lipinski definition) is 3. The van der Waals surface area contributed by atoms with E-state index in [1.165, 1.54) is 12.8 Å². The largest absolute Gasteiger partial charge is 0.493 e. The van der Waals surface area contributed by atoms with Crippen LogP contribution in [0.2, 0.25) is 0 Å². The van der Waals surface area contributed by atoms with Crippen molar-refractivity contribution in [2.24, 2.45) is 23.5 Å². The summed E-state index contributed by atoms with van der Waals surface area (Å²) in [4.78, 5) is 15.3. The summed E-state index contributed by atoms with van der Waals surface area (Å²) in [5.41, 5.74) is 6.96. The van der Waals surface area contributed by atoms with Gasteiger partial charge in [0.15, 0.2) is 0 Å². The average molecular weight is 478 g/mol. The predicted octanol–water partition coefficient (Wildman–Crippen LogP) is 3.30. The number of para-hydroxylation sites is 1. The minimum atomic E-state index is -0.561. The first-order chi connectivity index (χ1) is 16.3. The van der Waals surface area contributed by atoms with Crippen LogP contribution in [0.4, 0.5) is 0 Å². The fourth-order valence-corrected chi connectivity index (χ4v) is 4.58. The van der Waals surface area contributed by atoms with E-state index in [1.54, 1.807) is 13.2 Å². The lowest BCUT2D eigenvalue weighted by Crippen LogP contribution is -2.48. The molecule has 7 heteroatoms. The summed E-state index contributed by atoms with van der Waals surface area (Å²) >= 11 is 0. The Morgan fingerprint density at radius 2 is 2.00 bits per heavy atom. The van der Waals surface area contributed by atoms with Gasteiger partial charge in [-0.05, 0) is 68.5 Å². The van der Waals surface area contributed by atoms with Gasteiger partial charge in [0.25, 0.3) is 5.91 Å². The Morgan fingerprint density at radius 3 is 2.71 bits per heavy atom. The first-order valence-electron chi connectivity index (χ1n) is 13.0. The number of nitrogens with one attached hydrogen (secondary N) is 1. The Morgan fingerprint density at radius 1 is 1.26 bits per heavy atom. The van der Waals surface area contributed by atoms with Crippen LogP contribution in [-0.4, -0.2) is 74.6 Å². The molecule has 4 atom stereocenters. The van der Waals surface area contributed by atoms with Gasteiger partial charge in [0.1, 0.15) is 5.75 Å². The number of aliphatic hydroxyl groups is 1. The molecule has 1 aromatic rings. The number of rotatable bonds is 15. The van der Waals surface area contributed by atoms with E-state index in [0.717, 1.165) is 25.9 Å². The lowest BCUT2D eigenvalue weighted by molar-refractivity contribution is 0.0625. The molecule has 0 radical (unpaired) electrons. The minimum Gasteiger partial charge on any atom is -0.493 e. The Bertz CT molecular complexity index is 715. The van der Waals surface area contributed by atoms with Crippen LogP contribution in [0, 0.1) is 17.8 Å². The normalized spacial score (nSPS) is 19.6. The first-order valence-corrected chi connectivity index (χ1v) is 13.0. The lowest BCUT2D eigenvalue weighted by atomic mass is 9.87. The van der Waals surface area contributed by atoms with Gasteiger partial charge in [-0.3, -0.25) is 4.79 Å². The number of likely N-dealkylation sites (tertiary alicyclic amines) is 1. The van der Waals surface area contributed by atoms with Gasteiger partial charge in [0, 0.05) is 39.4 Å². The number of nitrogens with zero attached hydrogens (tertiary/aromatic N) is 1. The third-order valence-corrected chi connectivity index (χ3v) is 6.86. The minimum absolute atomic E-state index is 0.144. The molecule has 1 aliphatic heterocycles. The van der Waals surface area contributed by atoms with Gasteiger partial charge in [-0.25, -0.2) is 0 Å². The summed E-state index contributed by atoms with van der Waals surface area (Å²) in [6.07, 6.45) is 4.34. The Hall–Kier alpha value is -1.67. The summed E-state index contributed by atoms with van der Waals surface area (Å²) in [5.74, 6) is 1.64. The average Bonchev–Trinajstić information content (AvgIpc) is 2.81. The number of carbonyl (C=O) groups is 1. The van der Waals surface area contributed by atoms with E-state index in [4.69, 9.17) is 15.2 Å². The summed E-state index contributed by atoms with van der Waals surface area (Å²) in [5, 5.41) is 13.8. The van der Waals surface area contributed by atoms with Gasteiger partial charge in [0.2, 0.25) is 0 Å². The van der Waals surface area contributed by atoms with E-state index in [1.807, 2.05) is 18.2 Å². The number of methoxy groups -OCH3 is 1. The van der Waals surface area contributed by atoms with Crippen molar-refractivity contribution in [2.45, 2.75) is 65.0 Å². The molecule has 194 valence electrons. The van der Waals surface area contributed by atoms with Crippen molar-refractivity contribution in [1.82, 2.24) is 10.2 Å². The SMILES string of the molecule is COCCCCOc1ccccc1C(=O)NCC(CC(N)C(O)CN1CCCC(C)C1)C(C)C. The van der Waals surface area contributed by atoms with Crippen LogP contribution in [0.3, 0.4) is 0 Å². The number of nitrogens with two attached hydrogens (primary N) is 1. The molecule has 4 N–H and O–H groups in total. The zero-order chi connectivity index (χ0) is 24.9. The van der Waals surface area contributed by atoms with Crippen LogP contribution in [0.1, 0.15) is 63.2 Å². The van der Waals surface area contributed by atoms with E-state index < -0.39 is 6.10 Å². The Balaban J connectivity index is 1.86. The van der Waals surface area contributed by atoms with Crippen LogP contribution >= 0.6 is 0 Å². The molecule has 1 aromatic carbocycles. The molecule has 1 heterocycles. The fourth-order valence-electron chi connectivity index (χ4n) is 4.58. The molecular formula is C27H47N3O4. The van der Waals surface area contributed by atoms with Crippen molar-refractivity contribution in [2.75, 3.05) is 46.5 Å². The Kier molecular flexibility index (Phi) is 12.9. The lowest BCUT2D eigenvalue weighted by Gasteiger charge is -2.34. The number of carbonyl (C=O) groups excluding carboxylic acids is 1. The third-order valence-electron chi connectivity index (χ3n) is 6.86. The van der Waals surface area contributed by atoms with Crippen molar-refractivity contribution in [1.29, 1.82) is 0 Å². The number of unbranched alkanes of at least 4 members (excludes halogenated alkanes) is 1. The maximum atomic E-state index is 12.9. The van der Waals surface area contributed by atoms with Gasteiger partial charge >= 0.3 is 0 Å². The highest BCUT2D eigenvalue weighted by atomic mass is 16.5. The van der Waals surface area contributed by atoms with E-state index in [-0.39, 0.29) is 17.9 Å². The number of aliphatic hydroxyl groups excluding tert-OH is 1. The number of ether oxygens (including phenoxy) is 2. The summed E-state index contributed by atoms with van der Waals surface area (Å²) in [7, 11) is 1.69. The molecule has 4 unspecified atom stereocenters. The molecule has 1 amide bonds. The quantitative estimate of drug-likeness (QED) is 0.335. The monoisotopic (exact) mass is 477 g/mol. The molecule has 0 aromatic heterocycles. The molecule has 0 saturated carbocycles. The van der Waals surface area contributed by atoms with Gasteiger partial charge in [-0.2, -0.15) is 0 Å². The van der Waals surface area contributed by atoms with E-state index >= 15 is 0 Å². The van der Waals surface area contributed by atoms with Crippen molar-refractivity contribution in [3.05, 3.63) is 29.8 Å². The number of benzene rings is 1. The molecule has 0 aliphatic carbocycles. The summed E-state index contributed by atoms with van der Waals surface area (Å²) in [6.45, 7) is 11.0. The first kappa shape index (κ1) is 28.6. The number of amides is 1. The molecule has 0 bridgehead atoms. The molecule has 34 heavy (non-hydrogen) atoms. The fraction of sp³-hybridized carbons (Fsp3) is 0.741. The molecule has 7 nitrogen and oxygen atoms in total. The van der Waals surface area contributed by atoms with Crippen LogP contribution in [0.25, 0.3) is 0 Å². The molecule has 1 aliphatic rings. The highest BCUT2D eigenvalue weighted by Crippen LogP contribution is 2.21. The summed E-state index contributed by atoms with van der Waals surface area (Å²) in [6, 6.07) is 7.03. The van der Waals surface area contributed by atoms with Crippen molar-refractivity contribution in [3.63, 3.8) is 0 Å². The van der Waals surface area contributed by atoms with Crippen LogP contribution in [-0.2, 0) is 4.74 Å². The van der Waals surface area contributed by atoms with Gasteiger partial charge < -0.3 is 30.5 Å². The topological polar surface area (TPSA) is 97.0 Å². The van der Waals surface area contributed by atoms with Gasteiger partial charge in [0.05, 0.1) is 18.3 Å². The number of hydrogen-bond acceptors (Lipinski definition) is 6. The predicted molar refractivity (Wildman–Crippen MR) is 137 cm³/mol. The molecule has 1 fully saturated rings. The molecular weight excluding hydrogens is 430 g/mol. The van der Waals surface area contributed by atoms with Gasteiger partial charge in [-0.15, -0.1) is 0 Å². The number of piperidine rings is 1. The highest BCUT2D eigenvalue weighted by Gasteiger charge is 2.26. The molecule has 1 saturated heterocycles.